The number of para-hydroxylation sites is 1. The van der Waals surface area contributed by atoms with Crippen molar-refractivity contribution in [2.75, 3.05) is 12.4 Å². The van der Waals surface area contributed by atoms with E-state index in [1.165, 1.54) is 24.1 Å². The molecule has 0 fully saturated rings. The van der Waals surface area contributed by atoms with E-state index in [0.717, 1.165) is 10.8 Å². The fourth-order valence-corrected chi connectivity index (χ4v) is 4.80. The average Bonchev–Trinajstić information content (AvgIpc) is 2.94. The van der Waals surface area contributed by atoms with Gasteiger partial charge >= 0.3 is 6.09 Å². The molecule has 0 bridgehead atoms. The summed E-state index contributed by atoms with van der Waals surface area (Å²) < 4.78 is 5.42. The fraction of sp³-hybridized carbons (Fsp3) is 0.265. The van der Waals surface area contributed by atoms with Gasteiger partial charge < -0.3 is 30.5 Å². The number of fused-ring (bicyclic) bond motifs is 1. The molecule has 224 valence electrons. The van der Waals surface area contributed by atoms with Gasteiger partial charge in [0.05, 0.1) is 0 Å². The van der Waals surface area contributed by atoms with Crippen molar-refractivity contribution >= 4 is 34.4 Å². The molecule has 0 saturated carbocycles. The maximum atomic E-state index is 14.1. The monoisotopic (exact) mass is 583 g/mol. The van der Waals surface area contributed by atoms with Crippen molar-refractivity contribution in [2.45, 2.75) is 51.8 Å². The van der Waals surface area contributed by atoms with Gasteiger partial charge in [0.25, 0.3) is 5.91 Å². The van der Waals surface area contributed by atoms with Gasteiger partial charge in [-0.2, -0.15) is 0 Å². The van der Waals surface area contributed by atoms with E-state index in [0.29, 0.717) is 16.8 Å². The fourth-order valence-electron chi connectivity index (χ4n) is 4.80. The summed E-state index contributed by atoms with van der Waals surface area (Å²) >= 11 is 0. The number of aryl methyl sites for hydroxylation is 1. The number of phenolic OH excluding ortho intramolecular Hbond substituents is 2. The summed E-state index contributed by atoms with van der Waals surface area (Å²) in [4.78, 5) is 42.0. The van der Waals surface area contributed by atoms with Gasteiger partial charge in [-0.1, -0.05) is 60.7 Å². The van der Waals surface area contributed by atoms with Crippen LogP contribution < -0.4 is 10.6 Å². The third kappa shape index (κ3) is 7.82. The molecule has 0 radical (unpaired) electrons. The Morgan fingerprint density at radius 2 is 1.56 bits per heavy atom. The zero-order valence-electron chi connectivity index (χ0n) is 24.9. The van der Waals surface area contributed by atoms with Gasteiger partial charge in [-0.05, 0) is 73.9 Å². The number of phenols is 2. The average molecular weight is 584 g/mol. The second-order valence-electron chi connectivity index (χ2n) is 11.5. The van der Waals surface area contributed by atoms with Crippen LogP contribution in [0.15, 0.2) is 84.9 Å². The van der Waals surface area contributed by atoms with Crippen LogP contribution in [0.1, 0.15) is 43.5 Å². The third-order valence-corrected chi connectivity index (χ3v) is 6.93. The van der Waals surface area contributed by atoms with Crippen molar-refractivity contribution in [3.63, 3.8) is 0 Å². The molecule has 0 aliphatic carbocycles. The van der Waals surface area contributed by atoms with Crippen molar-refractivity contribution in [3.8, 4) is 11.5 Å². The molecular formula is C34H37N3O6. The molecule has 43 heavy (non-hydrogen) atoms. The van der Waals surface area contributed by atoms with E-state index in [1.54, 1.807) is 64.1 Å². The maximum Gasteiger partial charge on any atom is 0.408 e. The van der Waals surface area contributed by atoms with Crippen LogP contribution in [0.25, 0.3) is 10.8 Å². The van der Waals surface area contributed by atoms with Crippen molar-refractivity contribution in [1.29, 1.82) is 0 Å². The minimum absolute atomic E-state index is 0.0571. The smallest absolute Gasteiger partial charge is 0.408 e. The summed E-state index contributed by atoms with van der Waals surface area (Å²) in [5.74, 6) is -1.19. The summed E-state index contributed by atoms with van der Waals surface area (Å²) in [5.41, 5.74) is 1.15. The zero-order valence-corrected chi connectivity index (χ0v) is 24.9. The Kier molecular flexibility index (Phi) is 9.24. The molecule has 9 nitrogen and oxygen atoms in total. The molecule has 9 heteroatoms. The number of amides is 3. The lowest BCUT2D eigenvalue weighted by Crippen LogP contribution is -2.52. The zero-order chi connectivity index (χ0) is 31.3. The number of nitrogens with one attached hydrogen (secondary N) is 2. The molecule has 2 unspecified atom stereocenters. The van der Waals surface area contributed by atoms with Crippen LogP contribution in [0.4, 0.5) is 10.5 Å². The largest absolute Gasteiger partial charge is 0.508 e. The maximum absolute atomic E-state index is 14.1. The number of carbonyl (C=O) groups is 3. The summed E-state index contributed by atoms with van der Waals surface area (Å²) in [7, 11) is 1.45. The Hall–Kier alpha value is -5.05. The van der Waals surface area contributed by atoms with Gasteiger partial charge in [0.1, 0.15) is 29.2 Å². The highest BCUT2D eigenvalue weighted by Crippen LogP contribution is 2.33. The van der Waals surface area contributed by atoms with Crippen LogP contribution in [0.3, 0.4) is 0 Å². The number of rotatable bonds is 8. The number of ether oxygens (including phenoxy) is 1. The van der Waals surface area contributed by atoms with Gasteiger partial charge in [0, 0.05) is 24.7 Å². The van der Waals surface area contributed by atoms with E-state index < -0.39 is 35.6 Å². The lowest BCUT2D eigenvalue weighted by molar-refractivity contribution is -0.139. The third-order valence-electron chi connectivity index (χ3n) is 6.93. The van der Waals surface area contributed by atoms with Crippen LogP contribution in [0.2, 0.25) is 0 Å². The highest BCUT2D eigenvalue weighted by molar-refractivity contribution is 6.00. The molecule has 0 heterocycles. The number of carbonyl (C=O) groups excluding carboxylic acids is 3. The SMILES string of the molecule is Cc1cccc(C(C(=O)Nc2ccc3ccccc3c2)N(C)C(=O)C(Cc2ccc(O)cc2)NC(=O)OC(C)(C)C)c1O. The Balaban J connectivity index is 1.69. The number of hydrogen-bond acceptors (Lipinski definition) is 6. The summed E-state index contributed by atoms with van der Waals surface area (Å²) in [6, 6.07) is 22.1. The van der Waals surface area contributed by atoms with Gasteiger partial charge in [-0.15, -0.1) is 0 Å². The number of aromatic hydroxyl groups is 2. The van der Waals surface area contributed by atoms with E-state index in [4.69, 9.17) is 4.74 Å². The molecule has 0 aliphatic rings. The topological polar surface area (TPSA) is 128 Å². The van der Waals surface area contributed by atoms with Gasteiger partial charge in [0.15, 0.2) is 0 Å². The molecule has 4 aromatic rings. The quantitative estimate of drug-likeness (QED) is 0.207. The predicted molar refractivity (Wildman–Crippen MR) is 166 cm³/mol. The molecule has 4 N–H and O–H groups in total. The molecule has 0 spiro atoms. The first kappa shape index (κ1) is 30.9. The number of hydrogen-bond donors (Lipinski definition) is 4. The van der Waals surface area contributed by atoms with Gasteiger partial charge in [0.2, 0.25) is 5.91 Å². The van der Waals surface area contributed by atoms with Crippen molar-refractivity contribution in [3.05, 3.63) is 102 Å². The minimum atomic E-state index is -1.25. The predicted octanol–water partition coefficient (Wildman–Crippen LogP) is 5.83. The summed E-state index contributed by atoms with van der Waals surface area (Å²) in [6.45, 7) is 6.84. The first-order valence-corrected chi connectivity index (χ1v) is 13.9. The highest BCUT2D eigenvalue weighted by Gasteiger charge is 2.36. The Morgan fingerprint density at radius 1 is 0.884 bits per heavy atom. The Bertz CT molecular complexity index is 1630. The van der Waals surface area contributed by atoms with E-state index in [2.05, 4.69) is 10.6 Å². The summed E-state index contributed by atoms with van der Waals surface area (Å²) in [5, 5.41) is 28.2. The second kappa shape index (κ2) is 12.9. The number of benzene rings is 4. The standard InChI is InChI=1S/C34H37N3O6/c1-21-9-8-12-27(30(21)39)29(31(40)35-25-16-15-23-10-6-7-11-24(23)20-25)37(5)32(41)28(36-33(42)43-34(2,3)4)19-22-13-17-26(38)18-14-22/h6-18,20,28-29,38-39H,19H2,1-5H3,(H,35,40)(H,36,42). The number of nitrogens with zero attached hydrogens (tertiary/aromatic N) is 1. The first-order chi connectivity index (χ1) is 20.3. The van der Waals surface area contributed by atoms with E-state index in [9.17, 15) is 24.6 Å². The Labute approximate surface area is 251 Å². The number of alkyl carbamates (subject to hydrolysis) is 1. The second-order valence-corrected chi connectivity index (χ2v) is 11.5. The highest BCUT2D eigenvalue weighted by atomic mass is 16.6. The lowest BCUT2D eigenvalue weighted by atomic mass is 9.98. The molecule has 0 aliphatic heterocycles. The number of likely N-dealkylation sites (N-methyl/N-ethyl adjacent to an activating group) is 1. The van der Waals surface area contributed by atoms with E-state index in [1.807, 2.05) is 36.4 Å². The molecular weight excluding hydrogens is 546 g/mol. The van der Waals surface area contributed by atoms with Crippen LogP contribution in [-0.4, -0.2) is 51.7 Å². The molecule has 4 rings (SSSR count). The molecule has 0 saturated heterocycles. The van der Waals surface area contributed by atoms with E-state index >= 15 is 0 Å². The van der Waals surface area contributed by atoms with E-state index in [-0.39, 0.29) is 23.5 Å². The van der Waals surface area contributed by atoms with Crippen molar-refractivity contribution < 1.29 is 29.3 Å². The number of anilines is 1. The molecule has 4 aromatic carbocycles. The minimum Gasteiger partial charge on any atom is -0.508 e. The van der Waals surface area contributed by atoms with Crippen LogP contribution >= 0.6 is 0 Å². The molecule has 2 atom stereocenters. The van der Waals surface area contributed by atoms with Crippen LogP contribution in [0.5, 0.6) is 11.5 Å². The Morgan fingerprint density at radius 3 is 2.23 bits per heavy atom. The molecule has 0 aromatic heterocycles. The van der Waals surface area contributed by atoms with Crippen LogP contribution in [-0.2, 0) is 20.7 Å². The van der Waals surface area contributed by atoms with Gasteiger partial charge in [-0.25, -0.2) is 4.79 Å². The van der Waals surface area contributed by atoms with Crippen LogP contribution in [0, 0.1) is 6.92 Å². The molecule has 3 amide bonds. The van der Waals surface area contributed by atoms with Crippen molar-refractivity contribution in [2.24, 2.45) is 0 Å². The lowest BCUT2D eigenvalue weighted by Gasteiger charge is -2.32. The van der Waals surface area contributed by atoms with Gasteiger partial charge in [-0.3, -0.25) is 9.59 Å². The van der Waals surface area contributed by atoms with Crippen molar-refractivity contribution in [1.82, 2.24) is 10.2 Å². The first-order valence-electron chi connectivity index (χ1n) is 13.9. The summed E-state index contributed by atoms with van der Waals surface area (Å²) in [6.07, 6.45) is -0.741. The normalized spacial score (nSPS) is 12.7.